The zero-order valence-corrected chi connectivity index (χ0v) is 11.4. The molecule has 0 unspecified atom stereocenters. The third-order valence-electron chi connectivity index (χ3n) is 3.21. The minimum atomic E-state index is -0.370. The molecular weight excluding hydrogens is 259 g/mol. The second-order valence-corrected chi connectivity index (χ2v) is 5.16. The van der Waals surface area contributed by atoms with Crippen LogP contribution in [0.4, 0.5) is 4.39 Å². The van der Waals surface area contributed by atoms with Gasteiger partial charge in [-0.1, -0.05) is 11.2 Å². The van der Waals surface area contributed by atoms with Crippen molar-refractivity contribution < 1.29 is 13.7 Å². The molecule has 0 aliphatic heterocycles. The Morgan fingerprint density at radius 1 is 1.40 bits per heavy atom. The summed E-state index contributed by atoms with van der Waals surface area (Å²) < 4.78 is 24.1. The first-order valence-electron chi connectivity index (χ1n) is 6.77. The van der Waals surface area contributed by atoms with E-state index in [1.54, 1.807) is 12.1 Å². The zero-order valence-electron chi connectivity index (χ0n) is 11.4. The zero-order chi connectivity index (χ0) is 13.9. The molecule has 106 valence electrons. The summed E-state index contributed by atoms with van der Waals surface area (Å²) in [5, 5.41) is 7.31. The highest BCUT2D eigenvalue weighted by atomic mass is 19.1. The van der Waals surface area contributed by atoms with E-state index in [1.807, 2.05) is 13.0 Å². The van der Waals surface area contributed by atoms with E-state index >= 15 is 0 Å². The van der Waals surface area contributed by atoms with Crippen LogP contribution in [-0.4, -0.2) is 11.2 Å². The molecule has 1 aliphatic carbocycles. The van der Waals surface area contributed by atoms with Gasteiger partial charge in [0.15, 0.2) is 17.3 Å². The van der Waals surface area contributed by atoms with Crippen LogP contribution in [0.25, 0.3) is 0 Å². The number of aromatic nitrogens is 1. The smallest absolute Gasteiger partial charge is 0.174 e. The van der Waals surface area contributed by atoms with Crippen LogP contribution in [0.15, 0.2) is 28.8 Å². The van der Waals surface area contributed by atoms with E-state index in [4.69, 9.17) is 9.26 Å². The van der Waals surface area contributed by atoms with Crippen molar-refractivity contribution in [3.63, 3.8) is 0 Å². The summed E-state index contributed by atoms with van der Waals surface area (Å²) in [6, 6.07) is 7.24. The normalized spacial score (nSPS) is 14.5. The van der Waals surface area contributed by atoms with Crippen LogP contribution < -0.4 is 10.1 Å². The monoisotopic (exact) mass is 276 g/mol. The van der Waals surface area contributed by atoms with E-state index in [0.717, 1.165) is 11.3 Å². The minimum Gasteiger partial charge on any atom is -0.482 e. The Bertz CT molecular complexity index is 593. The third-order valence-corrected chi connectivity index (χ3v) is 3.21. The minimum absolute atomic E-state index is 0.177. The summed E-state index contributed by atoms with van der Waals surface area (Å²) in [5.41, 5.74) is 1.80. The van der Waals surface area contributed by atoms with E-state index in [1.165, 1.54) is 18.9 Å². The number of ether oxygens (including phenoxy) is 1. The summed E-state index contributed by atoms with van der Waals surface area (Å²) in [6.07, 6.45) is 2.47. The number of nitrogens with zero attached hydrogens (tertiary/aromatic N) is 1. The third kappa shape index (κ3) is 3.36. The second kappa shape index (κ2) is 5.63. The Labute approximate surface area is 116 Å². The first kappa shape index (κ1) is 13.1. The molecule has 4 nitrogen and oxygen atoms in total. The largest absolute Gasteiger partial charge is 0.482 e. The van der Waals surface area contributed by atoms with Crippen molar-refractivity contribution in [2.75, 3.05) is 0 Å². The van der Waals surface area contributed by atoms with Crippen LogP contribution in [-0.2, 0) is 13.2 Å². The summed E-state index contributed by atoms with van der Waals surface area (Å²) in [6.45, 7) is 2.77. The number of hydrogen-bond acceptors (Lipinski definition) is 4. The Morgan fingerprint density at radius 2 is 2.25 bits per heavy atom. The predicted octanol–water partition coefficient (Wildman–Crippen LogP) is 2.95. The SMILES string of the molecule is Cc1ccc(F)c(OCc2cc(CNC3CC3)no2)c1. The van der Waals surface area contributed by atoms with E-state index < -0.39 is 0 Å². The highest BCUT2D eigenvalue weighted by Crippen LogP contribution is 2.21. The highest BCUT2D eigenvalue weighted by Gasteiger charge is 2.20. The Hall–Kier alpha value is -1.88. The van der Waals surface area contributed by atoms with Crippen molar-refractivity contribution in [1.82, 2.24) is 10.5 Å². The lowest BCUT2D eigenvalue weighted by Gasteiger charge is -2.05. The Morgan fingerprint density at radius 3 is 3.05 bits per heavy atom. The van der Waals surface area contributed by atoms with Gasteiger partial charge in [-0.05, 0) is 37.5 Å². The van der Waals surface area contributed by atoms with Gasteiger partial charge in [0.1, 0.15) is 6.61 Å². The number of aryl methyl sites for hydroxylation is 1. The van der Waals surface area contributed by atoms with Crippen molar-refractivity contribution in [3.8, 4) is 5.75 Å². The summed E-state index contributed by atoms with van der Waals surface area (Å²) in [4.78, 5) is 0. The Kier molecular flexibility index (Phi) is 3.69. The van der Waals surface area contributed by atoms with Crippen molar-refractivity contribution >= 4 is 0 Å². The van der Waals surface area contributed by atoms with Crippen molar-refractivity contribution in [2.24, 2.45) is 0 Å². The van der Waals surface area contributed by atoms with Gasteiger partial charge in [0.2, 0.25) is 0 Å². The lowest BCUT2D eigenvalue weighted by atomic mass is 10.2. The molecule has 1 aromatic carbocycles. The molecule has 0 amide bonds. The predicted molar refractivity (Wildman–Crippen MR) is 71.8 cm³/mol. The van der Waals surface area contributed by atoms with Crippen molar-refractivity contribution in [2.45, 2.75) is 39.0 Å². The van der Waals surface area contributed by atoms with Crippen LogP contribution in [0.5, 0.6) is 5.75 Å². The molecule has 1 fully saturated rings. The van der Waals surface area contributed by atoms with Gasteiger partial charge in [0.25, 0.3) is 0 Å². The van der Waals surface area contributed by atoms with Crippen LogP contribution in [0.2, 0.25) is 0 Å². The molecule has 0 bridgehead atoms. The van der Waals surface area contributed by atoms with Gasteiger partial charge in [-0.15, -0.1) is 0 Å². The maximum absolute atomic E-state index is 13.5. The molecule has 2 aromatic rings. The van der Waals surface area contributed by atoms with E-state index in [2.05, 4.69) is 10.5 Å². The maximum atomic E-state index is 13.5. The van der Waals surface area contributed by atoms with Crippen LogP contribution in [0, 0.1) is 12.7 Å². The standard InChI is InChI=1S/C15H17FN2O2/c1-10-2-5-14(16)15(6-10)19-9-13-7-12(18-20-13)8-17-11-3-4-11/h2,5-7,11,17H,3-4,8-9H2,1H3. The summed E-state index contributed by atoms with van der Waals surface area (Å²) >= 11 is 0. The average molecular weight is 276 g/mol. The summed E-state index contributed by atoms with van der Waals surface area (Å²) in [7, 11) is 0. The molecule has 0 atom stereocenters. The molecule has 0 radical (unpaired) electrons. The molecule has 5 heteroatoms. The molecule has 1 aliphatic rings. The summed E-state index contributed by atoms with van der Waals surface area (Å²) in [5.74, 6) is 0.461. The number of nitrogens with one attached hydrogen (secondary N) is 1. The van der Waals surface area contributed by atoms with Gasteiger partial charge < -0.3 is 14.6 Å². The topological polar surface area (TPSA) is 47.3 Å². The van der Waals surface area contributed by atoms with E-state index in [0.29, 0.717) is 18.3 Å². The second-order valence-electron chi connectivity index (χ2n) is 5.16. The number of halogens is 1. The molecule has 1 aromatic heterocycles. The molecule has 1 N–H and O–H groups in total. The van der Waals surface area contributed by atoms with Gasteiger partial charge >= 0.3 is 0 Å². The lowest BCUT2D eigenvalue weighted by molar-refractivity contribution is 0.239. The Balaban J connectivity index is 1.55. The fourth-order valence-electron chi connectivity index (χ4n) is 1.91. The first-order chi connectivity index (χ1) is 9.70. The number of hydrogen-bond donors (Lipinski definition) is 1. The lowest BCUT2D eigenvalue weighted by Crippen LogP contribution is -2.15. The van der Waals surface area contributed by atoms with Gasteiger partial charge in [-0.3, -0.25) is 0 Å². The highest BCUT2D eigenvalue weighted by molar-refractivity contribution is 5.29. The molecule has 1 heterocycles. The molecule has 20 heavy (non-hydrogen) atoms. The molecular formula is C15H17FN2O2. The number of benzene rings is 1. The van der Waals surface area contributed by atoms with Crippen molar-refractivity contribution in [3.05, 3.63) is 47.1 Å². The van der Waals surface area contributed by atoms with E-state index in [9.17, 15) is 4.39 Å². The first-order valence-corrected chi connectivity index (χ1v) is 6.77. The van der Waals surface area contributed by atoms with Crippen LogP contribution in [0.3, 0.4) is 0 Å². The van der Waals surface area contributed by atoms with Gasteiger partial charge in [-0.2, -0.15) is 0 Å². The van der Waals surface area contributed by atoms with Gasteiger partial charge in [-0.25, -0.2) is 4.39 Å². The molecule has 1 saturated carbocycles. The molecule has 3 rings (SSSR count). The number of rotatable bonds is 6. The quantitative estimate of drug-likeness (QED) is 0.881. The maximum Gasteiger partial charge on any atom is 0.174 e. The fourth-order valence-corrected chi connectivity index (χ4v) is 1.91. The average Bonchev–Trinajstić information content (AvgIpc) is 3.16. The molecule has 0 saturated heterocycles. The van der Waals surface area contributed by atoms with Gasteiger partial charge in [0.05, 0.1) is 5.69 Å². The van der Waals surface area contributed by atoms with E-state index in [-0.39, 0.29) is 18.2 Å². The van der Waals surface area contributed by atoms with Crippen molar-refractivity contribution in [1.29, 1.82) is 0 Å². The van der Waals surface area contributed by atoms with Crippen LogP contribution in [0.1, 0.15) is 29.9 Å². The molecule has 0 spiro atoms. The van der Waals surface area contributed by atoms with Gasteiger partial charge in [0, 0.05) is 18.7 Å². The van der Waals surface area contributed by atoms with Crippen LogP contribution >= 0.6 is 0 Å². The fraction of sp³-hybridized carbons (Fsp3) is 0.400.